The first-order chi connectivity index (χ1) is 37.4. The number of carbonyl (C=O) groups is 4. The van der Waals surface area contributed by atoms with Crippen molar-refractivity contribution in [3.63, 3.8) is 0 Å². The zero-order valence-corrected chi connectivity index (χ0v) is 49.9. The van der Waals surface area contributed by atoms with E-state index in [1.807, 2.05) is 70.2 Å². The van der Waals surface area contributed by atoms with Gasteiger partial charge in [0.15, 0.2) is 22.5 Å². The van der Waals surface area contributed by atoms with E-state index in [0.29, 0.717) is 35.6 Å². The van der Waals surface area contributed by atoms with Gasteiger partial charge in [0.1, 0.15) is 23.2 Å². The predicted octanol–water partition coefficient (Wildman–Crippen LogP) is 13.7. The Labute approximate surface area is 472 Å². The van der Waals surface area contributed by atoms with Crippen molar-refractivity contribution < 1.29 is 38.5 Å². The molecular weight excluding hydrogens is 1020 g/mol. The fraction of sp³-hybridized carbons (Fsp3) is 0.468. The highest BCUT2D eigenvalue weighted by Gasteiger charge is 2.43. The molecular formula is C62H85ClN6O8S. The summed E-state index contributed by atoms with van der Waals surface area (Å²) in [6.07, 6.45) is 10.3. The molecule has 1 unspecified atom stereocenters. The fourth-order valence-corrected chi connectivity index (χ4v) is 12.0. The number of rotatable bonds is 18. The van der Waals surface area contributed by atoms with Crippen molar-refractivity contribution in [3.05, 3.63) is 112 Å². The number of carboxylic acid groups (broad SMARTS) is 1. The number of hydrogen-bond acceptors (Lipinski definition) is 12. The SMILES string of the molecule is C=CCCCC(C(=O)NC)N(C=O)c1ccc(C2CCN(c3nc4cc(CC)ccc4o3)CC2)c2cccc(C)c12.CC.CC.CN1C(C)(C)CC(Nc2cccc(-c3sc(C(=O)O)c(OCC=O)c3Cl)c2)CC1(C)C.CO. The minimum atomic E-state index is -1.14. The maximum absolute atomic E-state index is 12.9. The van der Waals surface area contributed by atoms with Gasteiger partial charge in [0.2, 0.25) is 12.3 Å². The monoisotopic (exact) mass is 1110 g/mol. The summed E-state index contributed by atoms with van der Waals surface area (Å²) in [5, 5.41) is 25.3. The van der Waals surface area contributed by atoms with Crippen molar-refractivity contribution in [2.24, 2.45) is 0 Å². The summed E-state index contributed by atoms with van der Waals surface area (Å²) >= 11 is 7.50. The van der Waals surface area contributed by atoms with Crippen LogP contribution in [0.15, 0.2) is 89.9 Å². The Balaban J connectivity index is 0.000000317. The lowest BCUT2D eigenvalue weighted by atomic mass is 9.77. The minimum absolute atomic E-state index is 0.0148. The van der Waals surface area contributed by atoms with Crippen LogP contribution in [0, 0.1) is 6.92 Å². The summed E-state index contributed by atoms with van der Waals surface area (Å²) in [5.74, 6) is -0.889. The van der Waals surface area contributed by atoms with Crippen LogP contribution in [0.25, 0.3) is 32.3 Å². The number of allylic oxidation sites excluding steroid dienone is 1. The third-order valence-electron chi connectivity index (χ3n) is 14.6. The number of fused-ring (bicyclic) bond motifs is 2. The maximum Gasteiger partial charge on any atom is 0.349 e. The number of nitrogens with zero attached hydrogens (tertiary/aromatic N) is 4. The number of benzene rings is 4. The van der Waals surface area contributed by atoms with Gasteiger partial charge in [-0.1, -0.05) is 94.8 Å². The number of carboxylic acids is 1. The molecule has 0 aliphatic carbocycles. The van der Waals surface area contributed by atoms with Crippen molar-refractivity contribution in [3.8, 4) is 16.2 Å². The summed E-state index contributed by atoms with van der Waals surface area (Å²) in [7, 11) is 4.80. The molecule has 0 radical (unpaired) electrons. The van der Waals surface area contributed by atoms with Crippen LogP contribution in [-0.4, -0.2) is 109 Å². The van der Waals surface area contributed by atoms with Crippen LogP contribution < -0.4 is 25.2 Å². The summed E-state index contributed by atoms with van der Waals surface area (Å²) in [6, 6.07) is 24.9. The molecule has 2 saturated heterocycles. The zero-order valence-electron chi connectivity index (χ0n) is 48.3. The number of aromatic nitrogens is 1. The average Bonchev–Trinajstić information content (AvgIpc) is 4.05. The molecule has 2 aliphatic heterocycles. The number of aryl methyl sites for hydroxylation is 2. The van der Waals surface area contributed by atoms with Gasteiger partial charge in [0.25, 0.3) is 6.01 Å². The van der Waals surface area contributed by atoms with Crippen molar-refractivity contribution in [2.75, 3.05) is 56.0 Å². The molecule has 2 amide bonds. The molecule has 0 bridgehead atoms. The summed E-state index contributed by atoms with van der Waals surface area (Å²) in [5.41, 5.74) is 8.03. The van der Waals surface area contributed by atoms with E-state index in [0.717, 1.165) is 127 Å². The number of ether oxygens (including phenoxy) is 1. The molecule has 6 aromatic rings. The zero-order chi connectivity index (χ0) is 57.9. The Morgan fingerprint density at radius 1 is 0.987 bits per heavy atom. The number of halogens is 1. The summed E-state index contributed by atoms with van der Waals surface area (Å²) < 4.78 is 11.4. The van der Waals surface area contributed by atoms with Crippen molar-refractivity contribution in [1.29, 1.82) is 0 Å². The van der Waals surface area contributed by atoms with Crippen molar-refractivity contribution in [2.45, 2.75) is 150 Å². The van der Waals surface area contributed by atoms with Crippen LogP contribution in [0.3, 0.4) is 0 Å². The third kappa shape index (κ3) is 15.3. The average molecular weight is 1110 g/mol. The molecule has 4 N–H and O–H groups in total. The second-order valence-corrected chi connectivity index (χ2v) is 21.5. The highest BCUT2D eigenvalue weighted by atomic mass is 35.5. The van der Waals surface area contributed by atoms with E-state index in [-0.39, 0.29) is 39.2 Å². The number of likely N-dealkylation sites (N-methyl/N-ethyl adjacent to an activating group) is 1. The van der Waals surface area contributed by atoms with Gasteiger partial charge in [-0.3, -0.25) is 19.3 Å². The second kappa shape index (κ2) is 30.2. The lowest BCUT2D eigenvalue weighted by Crippen LogP contribution is -2.61. The quantitative estimate of drug-likeness (QED) is 0.0364. The van der Waals surface area contributed by atoms with Crippen LogP contribution in [-0.2, 0) is 20.8 Å². The Morgan fingerprint density at radius 3 is 2.26 bits per heavy atom. The van der Waals surface area contributed by atoms with Crippen LogP contribution in [0.1, 0.15) is 140 Å². The van der Waals surface area contributed by atoms with E-state index in [1.54, 1.807) is 11.9 Å². The second-order valence-electron chi connectivity index (χ2n) is 20.1. The molecule has 16 heteroatoms. The number of oxazole rings is 1. The summed E-state index contributed by atoms with van der Waals surface area (Å²) in [4.78, 5) is 59.4. The van der Waals surface area contributed by atoms with E-state index in [2.05, 4.69) is 112 Å². The lowest BCUT2D eigenvalue weighted by molar-refractivity contribution is -0.123. The van der Waals surface area contributed by atoms with E-state index in [1.165, 1.54) is 11.1 Å². The van der Waals surface area contributed by atoms with E-state index >= 15 is 0 Å². The first kappa shape index (κ1) is 64.3. The number of unbranched alkanes of at least 4 members (excludes halogenated alkanes) is 1. The van der Waals surface area contributed by atoms with Crippen LogP contribution in [0.4, 0.5) is 17.4 Å². The fourth-order valence-electron chi connectivity index (χ4n) is 10.6. The van der Waals surface area contributed by atoms with Gasteiger partial charge in [-0.05, 0) is 157 Å². The smallest absolute Gasteiger partial charge is 0.349 e. The molecule has 4 aromatic carbocycles. The minimum Gasteiger partial charge on any atom is -0.483 e. The molecule has 4 heterocycles. The number of thiophene rings is 1. The van der Waals surface area contributed by atoms with Crippen molar-refractivity contribution in [1.82, 2.24) is 15.2 Å². The van der Waals surface area contributed by atoms with Gasteiger partial charge < -0.3 is 39.8 Å². The highest BCUT2D eigenvalue weighted by molar-refractivity contribution is 7.18. The number of likely N-dealkylation sites (tertiary alicyclic amines) is 1. The number of aliphatic hydroxyl groups is 1. The van der Waals surface area contributed by atoms with E-state index in [4.69, 9.17) is 30.8 Å². The maximum atomic E-state index is 12.9. The molecule has 0 saturated carbocycles. The van der Waals surface area contributed by atoms with Gasteiger partial charge in [-0.25, -0.2) is 4.79 Å². The molecule has 2 aromatic heterocycles. The lowest BCUT2D eigenvalue weighted by Gasteiger charge is -2.54. The Bertz CT molecular complexity index is 2910. The molecule has 2 aliphatic rings. The molecule has 2 fully saturated rings. The number of hydrogen-bond donors (Lipinski definition) is 4. The molecule has 78 heavy (non-hydrogen) atoms. The Kier molecular flexibility index (Phi) is 24.9. The van der Waals surface area contributed by atoms with Gasteiger partial charge in [-0.15, -0.1) is 17.9 Å². The number of amides is 2. The highest BCUT2D eigenvalue weighted by Crippen LogP contribution is 2.47. The number of anilines is 3. The number of nitrogens with one attached hydrogen (secondary N) is 2. The number of aldehydes is 1. The standard InChI is InChI=1S/C34H40N4O3.C23H29ClN2O4S.2C2H6.CH4O/c1-5-7-8-12-30(33(40)35-4)38(22-39)29-15-14-26(27-11-9-10-23(3)32(27)29)25-17-19-37(20-18-25)34-36-28-21-24(6-2)13-16-31(28)41-34;1-22(2)12-16(13-23(3,4)26(22)5)25-15-8-6-7-14(11-15)19-17(24)18(30-10-9-27)20(31-19)21(28)29;3*1-2/h5,9-11,13-16,21-22,25,30H,1,6-8,12,17-20H2,2-4H3,(H,35,40);6-9,11,16,25H,10,12-13H2,1-5H3,(H,28,29);2*1-2H3;2H,1H3. The Morgan fingerprint density at radius 2 is 1.65 bits per heavy atom. The number of piperidine rings is 2. The van der Waals surface area contributed by atoms with Crippen LogP contribution in [0.2, 0.25) is 5.02 Å². The van der Waals surface area contributed by atoms with E-state index in [9.17, 15) is 24.3 Å². The normalized spacial score (nSPS) is 15.3. The summed E-state index contributed by atoms with van der Waals surface area (Å²) in [6.45, 7) is 26.5. The first-order valence-electron chi connectivity index (χ1n) is 27.4. The van der Waals surface area contributed by atoms with Gasteiger partial charge >= 0.3 is 5.97 Å². The van der Waals surface area contributed by atoms with Crippen molar-refractivity contribution >= 4 is 86.8 Å². The molecule has 8 rings (SSSR count). The topological polar surface area (TPSA) is 178 Å². The number of aromatic carboxylic acids is 1. The van der Waals surface area contributed by atoms with Gasteiger partial charge in [-0.2, -0.15) is 4.98 Å². The van der Waals surface area contributed by atoms with Gasteiger partial charge in [0.05, 0.1) is 10.6 Å². The molecule has 14 nitrogen and oxygen atoms in total. The van der Waals surface area contributed by atoms with Crippen LogP contribution in [0.5, 0.6) is 5.75 Å². The van der Waals surface area contributed by atoms with E-state index < -0.39 is 12.0 Å². The third-order valence-corrected chi connectivity index (χ3v) is 16.3. The molecule has 424 valence electrons. The number of aliphatic hydroxyl groups excluding tert-OH is 1. The predicted molar refractivity (Wildman–Crippen MR) is 323 cm³/mol. The Hall–Kier alpha value is -6.26. The largest absolute Gasteiger partial charge is 0.483 e. The van der Waals surface area contributed by atoms with Crippen LogP contribution >= 0.6 is 22.9 Å². The molecule has 0 spiro atoms. The number of carbonyl (C=O) groups excluding carboxylic acids is 3. The first-order valence-corrected chi connectivity index (χ1v) is 28.5. The van der Waals surface area contributed by atoms with Gasteiger partial charge in [0, 0.05) is 55.4 Å². The molecule has 1 atom stereocenters.